The van der Waals surface area contributed by atoms with Crippen molar-refractivity contribution in [1.29, 1.82) is 0 Å². The van der Waals surface area contributed by atoms with Crippen molar-refractivity contribution in [1.82, 2.24) is 4.90 Å². The third-order valence-electron chi connectivity index (χ3n) is 3.57. The summed E-state index contributed by atoms with van der Waals surface area (Å²) in [5, 5.41) is 2.86. The largest absolute Gasteiger partial charge is 0.467 e. The highest BCUT2D eigenvalue weighted by Crippen LogP contribution is 2.19. The highest BCUT2D eigenvalue weighted by Gasteiger charge is 2.18. The molecule has 0 fully saturated rings. The maximum Gasteiger partial charge on any atom is 0.257 e. The number of carbonyl (C=O) groups is 2. The highest BCUT2D eigenvalue weighted by atomic mass is 16.3. The number of likely N-dealkylation sites (N-methyl/N-ethyl adjacent to an activating group) is 1. The second-order valence-electron chi connectivity index (χ2n) is 5.48. The second-order valence-corrected chi connectivity index (χ2v) is 5.48. The molecule has 2 aromatic rings. The molecule has 23 heavy (non-hydrogen) atoms. The van der Waals surface area contributed by atoms with E-state index >= 15 is 0 Å². The van der Waals surface area contributed by atoms with E-state index in [4.69, 9.17) is 10.2 Å². The molecular formula is C17H21N3O3. The molecule has 6 nitrogen and oxygen atoms in total. The van der Waals surface area contributed by atoms with Crippen LogP contribution in [0, 0.1) is 13.8 Å². The van der Waals surface area contributed by atoms with Gasteiger partial charge in [-0.05, 0) is 31.0 Å². The van der Waals surface area contributed by atoms with E-state index in [0.29, 0.717) is 11.3 Å². The Bertz CT molecular complexity index is 701. The number of nitrogens with one attached hydrogen (secondary N) is 1. The summed E-state index contributed by atoms with van der Waals surface area (Å²) in [6.45, 7) is 4.04. The number of benzene rings is 1. The van der Waals surface area contributed by atoms with Crippen molar-refractivity contribution in [3.8, 4) is 0 Å². The minimum absolute atomic E-state index is 0.0459. The molecule has 0 aliphatic heterocycles. The maximum atomic E-state index is 12.2. The average molecular weight is 315 g/mol. The van der Waals surface area contributed by atoms with Gasteiger partial charge in [0.25, 0.3) is 5.91 Å². The summed E-state index contributed by atoms with van der Waals surface area (Å²) in [7, 11) is 1.57. The second kappa shape index (κ2) is 7.11. The first-order valence-corrected chi connectivity index (χ1v) is 7.31. The van der Waals surface area contributed by atoms with Gasteiger partial charge < -0.3 is 20.4 Å². The summed E-state index contributed by atoms with van der Waals surface area (Å²) in [5.41, 5.74) is 8.58. The Hall–Kier alpha value is -2.60. The number of hydrogen-bond donors (Lipinski definition) is 2. The van der Waals surface area contributed by atoms with Crippen LogP contribution in [-0.2, 0) is 11.3 Å². The number of rotatable bonds is 5. The number of aryl methyl sites for hydroxylation is 2. The van der Waals surface area contributed by atoms with Crippen molar-refractivity contribution < 1.29 is 14.0 Å². The summed E-state index contributed by atoms with van der Waals surface area (Å²) in [6.07, 6.45) is 1.35. The summed E-state index contributed by atoms with van der Waals surface area (Å²) in [6, 6.07) is 7.38. The van der Waals surface area contributed by atoms with Crippen molar-refractivity contribution in [3.05, 3.63) is 53.0 Å². The summed E-state index contributed by atoms with van der Waals surface area (Å²) < 4.78 is 5.14. The average Bonchev–Trinajstić information content (AvgIpc) is 2.99. The Labute approximate surface area is 135 Å². The van der Waals surface area contributed by atoms with E-state index in [-0.39, 0.29) is 24.9 Å². The van der Waals surface area contributed by atoms with Crippen molar-refractivity contribution in [2.24, 2.45) is 5.73 Å². The number of nitrogens with zero attached hydrogens (tertiary/aromatic N) is 1. The van der Waals surface area contributed by atoms with Crippen LogP contribution in [0.15, 0.2) is 34.9 Å². The quantitative estimate of drug-likeness (QED) is 0.884. The molecule has 1 aromatic heterocycles. The van der Waals surface area contributed by atoms with Crippen molar-refractivity contribution in [2.75, 3.05) is 18.9 Å². The van der Waals surface area contributed by atoms with E-state index in [2.05, 4.69) is 5.32 Å². The molecule has 2 rings (SSSR count). The van der Waals surface area contributed by atoms with Gasteiger partial charge in [-0.1, -0.05) is 18.2 Å². The van der Waals surface area contributed by atoms with Crippen molar-refractivity contribution in [2.45, 2.75) is 20.4 Å². The van der Waals surface area contributed by atoms with E-state index in [0.717, 1.165) is 16.8 Å². The van der Waals surface area contributed by atoms with Crippen LogP contribution in [-0.4, -0.2) is 30.3 Å². The molecule has 0 saturated carbocycles. The number of hydrogen-bond acceptors (Lipinski definition) is 4. The Morgan fingerprint density at radius 2 is 1.91 bits per heavy atom. The van der Waals surface area contributed by atoms with Crippen LogP contribution < -0.4 is 11.1 Å². The van der Waals surface area contributed by atoms with Gasteiger partial charge in [0.2, 0.25) is 5.91 Å². The first-order valence-electron chi connectivity index (χ1n) is 7.31. The molecule has 122 valence electrons. The van der Waals surface area contributed by atoms with Crippen LogP contribution in [0.1, 0.15) is 27.2 Å². The smallest absolute Gasteiger partial charge is 0.257 e. The monoisotopic (exact) mass is 315 g/mol. The first-order chi connectivity index (χ1) is 10.9. The lowest BCUT2D eigenvalue weighted by atomic mass is 10.1. The minimum Gasteiger partial charge on any atom is -0.467 e. The van der Waals surface area contributed by atoms with Gasteiger partial charge in [0.15, 0.2) is 0 Å². The Kier molecular flexibility index (Phi) is 5.18. The zero-order valence-electron chi connectivity index (χ0n) is 13.6. The van der Waals surface area contributed by atoms with E-state index < -0.39 is 0 Å². The number of anilines is 1. The zero-order valence-corrected chi connectivity index (χ0v) is 13.6. The summed E-state index contributed by atoms with van der Waals surface area (Å²) in [4.78, 5) is 25.8. The van der Waals surface area contributed by atoms with Gasteiger partial charge in [-0.25, -0.2) is 0 Å². The molecule has 0 aliphatic carbocycles. The summed E-state index contributed by atoms with van der Waals surface area (Å²) >= 11 is 0. The highest BCUT2D eigenvalue weighted by molar-refractivity contribution is 5.99. The Balaban J connectivity index is 2.00. The molecule has 0 radical (unpaired) electrons. The number of para-hydroxylation sites is 1. The molecule has 0 aliphatic rings. The topological polar surface area (TPSA) is 88.6 Å². The maximum absolute atomic E-state index is 12.2. The van der Waals surface area contributed by atoms with E-state index in [1.807, 2.05) is 32.0 Å². The summed E-state index contributed by atoms with van der Waals surface area (Å²) in [5.74, 6) is -0.00682. The van der Waals surface area contributed by atoms with Gasteiger partial charge in [0.05, 0.1) is 18.7 Å². The zero-order chi connectivity index (χ0) is 17.0. The fourth-order valence-electron chi connectivity index (χ4n) is 2.30. The van der Waals surface area contributed by atoms with Gasteiger partial charge in [0, 0.05) is 12.7 Å². The Morgan fingerprint density at radius 1 is 1.26 bits per heavy atom. The molecule has 2 amide bonds. The fourth-order valence-corrected chi connectivity index (χ4v) is 2.30. The minimum atomic E-state index is -0.287. The van der Waals surface area contributed by atoms with Gasteiger partial charge in [0.1, 0.15) is 12.0 Å². The lowest BCUT2D eigenvalue weighted by molar-refractivity contribution is -0.116. The molecule has 0 atom stereocenters. The third-order valence-corrected chi connectivity index (χ3v) is 3.57. The predicted octanol–water partition coefficient (Wildman–Crippen LogP) is 2.07. The van der Waals surface area contributed by atoms with E-state index in [1.165, 1.54) is 11.2 Å². The molecule has 0 bridgehead atoms. The third kappa shape index (κ3) is 3.98. The van der Waals surface area contributed by atoms with E-state index in [9.17, 15) is 9.59 Å². The van der Waals surface area contributed by atoms with Crippen LogP contribution in [0.3, 0.4) is 0 Å². The van der Waals surface area contributed by atoms with E-state index in [1.54, 1.807) is 13.1 Å². The number of amides is 2. The molecule has 3 N–H and O–H groups in total. The number of carbonyl (C=O) groups excluding carboxylic acids is 2. The Morgan fingerprint density at radius 3 is 2.48 bits per heavy atom. The SMILES string of the molecule is Cc1cccc(C)c1NC(=O)CN(C)C(=O)c1coc(CN)c1. The molecule has 0 unspecified atom stereocenters. The standard InChI is InChI=1S/C17H21N3O3/c1-11-5-4-6-12(2)16(11)19-15(21)9-20(3)17(22)13-7-14(8-18)23-10-13/h4-7,10H,8-9,18H2,1-3H3,(H,19,21). The van der Waals surface area contributed by atoms with Gasteiger partial charge >= 0.3 is 0 Å². The molecular weight excluding hydrogens is 294 g/mol. The van der Waals surface area contributed by atoms with Crippen LogP contribution in [0.4, 0.5) is 5.69 Å². The van der Waals surface area contributed by atoms with Crippen molar-refractivity contribution >= 4 is 17.5 Å². The van der Waals surface area contributed by atoms with Crippen LogP contribution in [0.2, 0.25) is 0 Å². The number of furan rings is 1. The molecule has 0 spiro atoms. The van der Waals surface area contributed by atoms with Gasteiger partial charge in [-0.3, -0.25) is 9.59 Å². The molecule has 6 heteroatoms. The normalized spacial score (nSPS) is 10.4. The molecule has 1 heterocycles. The van der Waals surface area contributed by atoms with Gasteiger partial charge in [-0.2, -0.15) is 0 Å². The first kappa shape index (κ1) is 16.8. The number of nitrogens with two attached hydrogens (primary N) is 1. The van der Waals surface area contributed by atoms with Crippen LogP contribution in [0.25, 0.3) is 0 Å². The van der Waals surface area contributed by atoms with Crippen molar-refractivity contribution in [3.63, 3.8) is 0 Å². The van der Waals surface area contributed by atoms with Crippen LogP contribution in [0.5, 0.6) is 0 Å². The van der Waals surface area contributed by atoms with Gasteiger partial charge in [-0.15, -0.1) is 0 Å². The van der Waals surface area contributed by atoms with Crippen LogP contribution >= 0.6 is 0 Å². The predicted molar refractivity (Wildman–Crippen MR) is 88.1 cm³/mol. The fraction of sp³-hybridized carbons (Fsp3) is 0.294. The lowest BCUT2D eigenvalue weighted by Gasteiger charge is -2.17. The molecule has 0 saturated heterocycles. The lowest BCUT2D eigenvalue weighted by Crippen LogP contribution is -2.35. The molecule has 1 aromatic carbocycles.